The molecule has 14 heteroatoms. The highest BCUT2D eigenvalue weighted by molar-refractivity contribution is 5.99. The maximum Gasteiger partial charge on any atom is 0.410 e. The molecule has 1 aliphatic carbocycles. The lowest BCUT2D eigenvalue weighted by atomic mass is 9.81. The number of aryl methyl sites for hydroxylation is 1. The van der Waals surface area contributed by atoms with Crippen LogP contribution in [0.1, 0.15) is 102 Å². The Morgan fingerprint density at radius 2 is 1.52 bits per heavy atom. The monoisotopic (exact) mass is 835 g/mol. The number of fused-ring (bicyclic) bond motifs is 1. The molecule has 0 bridgehead atoms. The fraction of sp³-hybridized carbons (Fsp3) is 0.489. The van der Waals surface area contributed by atoms with Crippen molar-refractivity contribution in [3.63, 3.8) is 0 Å². The minimum atomic E-state index is -0.841. The lowest BCUT2D eigenvalue weighted by Gasteiger charge is -2.33. The van der Waals surface area contributed by atoms with E-state index in [4.69, 9.17) is 9.47 Å². The van der Waals surface area contributed by atoms with Crippen molar-refractivity contribution >= 4 is 46.5 Å². The van der Waals surface area contributed by atoms with Gasteiger partial charge in [-0.1, -0.05) is 30.3 Å². The van der Waals surface area contributed by atoms with Crippen molar-refractivity contribution in [1.29, 1.82) is 0 Å². The summed E-state index contributed by atoms with van der Waals surface area (Å²) in [4.78, 5) is 67.2. The molecule has 1 atom stereocenters. The van der Waals surface area contributed by atoms with E-state index in [2.05, 4.69) is 31.5 Å². The van der Waals surface area contributed by atoms with Crippen molar-refractivity contribution < 1.29 is 33.4 Å². The van der Waals surface area contributed by atoms with Gasteiger partial charge < -0.3 is 35.6 Å². The Morgan fingerprint density at radius 1 is 0.836 bits per heavy atom. The molecule has 1 aromatic heterocycles. The van der Waals surface area contributed by atoms with E-state index in [0.29, 0.717) is 56.6 Å². The number of nitrogens with one attached hydrogen (secondary N) is 5. The van der Waals surface area contributed by atoms with Gasteiger partial charge >= 0.3 is 12.2 Å². The third kappa shape index (κ3) is 12.8. The molecule has 3 aromatic carbocycles. The highest BCUT2D eigenvalue weighted by Gasteiger charge is 2.31. The number of aromatic amines is 1. The van der Waals surface area contributed by atoms with Crippen molar-refractivity contribution in [2.45, 2.75) is 117 Å². The molecular weight excluding hydrogens is 775 g/mol. The first kappa shape index (κ1) is 44.6. The number of amides is 5. The second-order valence-corrected chi connectivity index (χ2v) is 18.5. The molecule has 6 rings (SSSR count). The number of piperidine rings is 1. The van der Waals surface area contributed by atoms with Crippen LogP contribution in [0.25, 0.3) is 22.0 Å². The van der Waals surface area contributed by atoms with Gasteiger partial charge in [0.25, 0.3) is 5.91 Å². The number of aromatic nitrogens is 2. The molecule has 4 aromatic rings. The van der Waals surface area contributed by atoms with E-state index in [9.17, 15) is 24.0 Å². The van der Waals surface area contributed by atoms with Gasteiger partial charge in [-0.05, 0) is 145 Å². The zero-order chi connectivity index (χ0) is 43.9. The fourth-order valence-electron chi connectivity index (χ4n) is 7.90. The molecule has 1 aliphatic heterocycles. The summed E-state index contributed by atoms with van der Waals surface area (Å²) in [7, 11) is 0. The van der Waals surface area contributed by atoms with E-state index in [1.807, 2.05) is 109 Å². The molecule has 2 fully saturated rings. The molecule has 5 N–H and O–H groups in total. The largest absolute Gasteiger partial charge is 0.444 e. The summed E-state index contributed by atoms with van der Waals surface area (Å²) in [6.45, 7) is 14.5. The van der Waals surface area contributed by atoms with Crippen LogP contribution in [-0.4, -0.2) is 87.9 Å². The minimum absolute atomic E-state index is 0.0377. The smallest absolute Gasteiger partial charge is 0.410 e. The van der Waals surface area contributed by atoms with E-state index in [-0.39, 0.29) is 48.1 Å². The zero-order valence-electron chi connectivity index (χ0n) is 36.5. The Morgan fingerprint density at radius 3 is 2.18 bits per heavy atom. The van der Waals surface area contributed by atoms with Crippen LogP contribution in [0.15, 0.2) is 66.9 Å². The molecule has 2 heterocycles. The maximum absolute atomic E-state index is 13.9. The number of rotatable bonds is 11. The van der Waals surface area contributed by atoms with E-state index < -0.39 is 23.3 Å². The number of H-pyrrole nitrogens is 1. The molecule has 2 aliphatic rings. The summed E-state index contributed by atoms with van der Waals surface area (Å²) >= 11 is 0. The van der Waals surface area contributed by atoms with E-state index in [1.165, 1.54) is 0 Å². The third-order valence-corrected chi connectivity index (χ3v) is 11.2. The molecule has 0 spiro atoms. The van der Waals surface area contributed by atoms with Crippen molar-refractivity contribution in [2.75, 3.05) is 25.0 Å². The second kappa shape index (κ2) is 19.2. The zero-order valence-corrected chi connectivity index (χ0v) is 36.5. The van der Waals surface area contributed by atoms with Gasteiger partial charge in [-0.25, -0.2) is 9.59 Å². The SMILES string of the molecule is Cc1cc(C(=O)NC2CCN(C(=O)OC(C)(C)C)CC2)ccc1-c1ccc(C[C@H](NC(=O)C2CCC(CNC(=O)OC(C)(C)C)CC2)C(=O)Nc2ccc3cn[nH]c3c2)cc1. The first-order valence-corrected chi connectivity index (χ1v) is 21.4. The van der Waals surface area contributed by atoms with Crippen LogP contribution in [0.3, 0.4) is 0 Å². The number of hydrogen-bond acceptors (Lipinski definition) is 8. The number of carbonyl (C=O) groups excluding carboxylic acids is 5. The standard InChI is InChI=1S/C47H61N7O7/c1-29-24-34(42(56)50-36-20-22-54(23-21-36)45(59)61-47(5,6)7)17-19-38(29)32-12-8-30(9-13-32)25-40(43(57)51-37-18-16-35-28-49-53-39(35)26-37)52-41(55)33-14-10-31(11-15-33)27-48-44(58)60-46(2,3)4/h8-9,12-13,16-19,24,26,28,31,33,36,40H,10-11,14-15,20-23,25,27H2,1-7H3,(H,48,58)(H,49,53)(H,50,56)(H,51,57)(H,52,55)/t31?,33?,40-/m0/s1. The number of nitrogens with zero attached hydrogens (tertiary/aromatic N) is 2. The van der Waals surface area contributed by atoms with E-state index in [0.717, 1.165) is 46.0 Å². The Kier molecular flexibility index (Phi) is 14.0. The molecule has 5 amide bonds. The molecular formula is C47H61N7O7. The number of alkyl carbamates (subject to hydrolysis) is 1. The quantitative estimate of drug-likeness (QED) is 0.102. The highest BCUT2D eigenvalue weighted by Crippen LogP contribution is 2.30. The Balaban J connectivity index is 1.06. The molecule has 61 heavy (non-hydrogen) atoms. The summed E-state index contributed by atoms with van der Waals surface area (Å²) in [6, 6.07) is 18.2. The molecule has 326 valence electrons. The van der Waals surface area contributed by atoms with Crippen molar-refractivity contribution in [3.8, 4) is 11.1 Å². The number of likely N-dealkylation sites (tertiary alicyclic amines) is 1. The maximum atomic E-state index is 13.9. The lowest BCUT2D eigenvalue weighted by molar-refractivity contribution is -0.130. The van der Waals surface area contributed by atoms with Crippen molar-refractivity contribution in [3.05, 3.63) is 83.6 Å². The van der Waals surface area contributed by atoms with Gasteiger partial charge in [0.1, 0.15) is 17.2 Å². The normalized spacial score (nSPS) is 17.9. The molecule has 0 radical (unpaired) electrons. The fourth-order valence-corrected chi connectivity index (χ4v) is 7.90. The summed E-state index contributed by atoms with van der Waals surface area (Å²) in [5.74, 6) is -0.650. The topological polar surface area (TPSA) is 184 Å². The number of ether oxygens (including phenoxy) is 2. The molecule has 1 saturated heterocycles. The van der Waals surface area contributed by atoms with Crippen LogP contribution in [0.4, 0.5) is 15.3 Å². The number of hydrogen-bond donors (Lipinski definition) is 5. The van der Waals surface area contributed by atoms with Crippen molar-refractivity contribution in [1.82, 2.24) is 31.0 Å². The van der Waals surface area contributed by atoms with Crippen LogP contribution in [0, 0.1) is 18.8 Å². The van der Waals surface area contributed by atoms with Crippen LogP contribution in [0.5, 0.6) is 0 Å². The number of carbonyl (C=O) groups is 5. The van der Waals surface area contributed by atoms with Crippen LogP contribution in [-0.2, 0) is 25.5 Å². The average Bonchev–Trinajstić information content (AvgIpc) is 3.67. The molecule has 1 saturated carbocycles. The van der Waals surface area contributed by atoms with Gasteiger partial charge in [-0.3, -0.25) is 19.5 Å². The summed E-state index contributed by atoms with van der Waals surface area (Å²) < 4.78 is 10.9. The van der Waals surface area contributed by atoms with Gasteiger partial charge in [0.15, 0.2) is 0 Å². The summed E-state index contributed by atoms with van der Waals surface area (Å²) in [6.07, 6.45) is 5.38. The number of anilines is 1. The minimum Gasteiger partial charge on any atom is -0.444 e. The predicted molar refractivity (Wildman–Crippen MR) is 235 cm³/mol. The average molecular weight is 836 g/mol. The van der Waals surface area contributed by atoms with E-state index >= 15 is 0 Å². The van der Waals surface area contributed by atoms with Crippen molar-refractivity contribution in [2.24, 2.45) is 11.8 Å². The van der Waals surface area contributed by atoms with Gasteiger partial charge in [-0.2, -0.15) is 5.10 Å². The molecule has 0 unspecified atom stereocenters. The first-order valence-electron chi connectivity index (χ1n) is 21.4. The number of benzene rings is 3. The molecule has 14 nitrogen and oxygen atoms in total. The Hall–Kier alpha value is -5.92. The van der Waals surface area contributed by atoms with Gasteiger partial charge in [0, 0.05) is 54.7 Å². The highest BCUT2D eigenvalue weighted by atomic mass is 16.6. The van der Waals surface area contributed by atoms with Crippen LogP contribution >= 0.6 is 0 Å². The third-order valence-electron chi connectivity index (χ3n) is 11.2. The van der Waals surface area contributed by atoms with Gasteiger partial charge in [0.05, 0.1) is 11.7 Å². The predicted octanol–water partition coefficient (Wildman–Crippen LogP) is 7.66. The lowest BCUT2D eigenvalue weighted by Crippen LogP contribution is -2.48. The second-order valence-electron chi connectivity index (χ2n) is 18.5. The van der Waals surface area contributed by atoms with Crippen LogP contribution < -0.4 is 21.3 Å². The first-order chi connectivity index (χ1) is 28.9. The summed E-state index contributed by atoms with van der Waals surface area (Å²) in [5.41, 5.74) is 4.55. The van der Waals surface area contributed by atoms with Gasteiger partial charge in [-0.15, -0.1) is 0 Å². The summed E-state index contributed by atoms with van der Waals surface area (Å²) in [5, 5.41) is 20.0. The van der Waals surface area contributed by atoms with E-state index in [1.54, 1.807) is 11.1 Å². The van der Waals surface area contributed by atoms with Gasteiger partial charge in [0.2, 0.25) is 11.8 Å². The Labute approximate surface area is 358 Å². The van der Waals surface area contributed by atoms with Crippen LogP contribution in [0.2, 0.25) is 0 Å². The Bertz CT molecular complexity index is 2190.